The maximum atomic E-state index is 4.76. The van der Waals surface area contributed by atoms with E-state index in [0.717, 1.165) is 38.3 Å². The minimum atomic E-state index is 0.940. The first-order valence-corrected chi connectivity index (χ1v) is 9.93. The number of rotatable bonds is 2. The van der Waals surface area contributed by atoms with Crippen LogP contribution in [0.5, 0.6) is 0 Å². The second-order valence-electron chi connectivity index (χ2n) is 7.45. The van der Waals surface area contributed by atoms with Crippen LogP contribution >= 0.6 is 0 Å². The van der Waals surface area contributed by atoms with E-state index in [-0.39, 0.29) is 0 Å². The van der Waals surface area contributed by atoms with Crippen molar-refractivity contribution in [1.29, 1.82) is 0 Å². The van der Waals surface area contributed by atoms with Crippen LogP contribution in [0.25, 0.3) is 54.8 Å². The van der Waals surface area contributed by atoms with Crippen molar-refractivity contribution in [3.63, 3.8) is 0 Å². The largest absolute Gasteiger partial charge is 0.264 e. The molecule has 6 aromatic rings. The Bertz CT molecular complexity index is 1550. The fourth-order valence-corrected chi connectivity index (χ4v) is 4.04. The lowest BCUT2D eigenvalue weighted by Crippen LogP contribution is -1.87. The van der Waals surface area contributed by atoms with Gasteiger partial charge in [0.1, 0.15) is 0 Å². The van der Waals surface area contributed by atoms with E-state index in [4.69, 9.17) is 4.98 Å². The van der Waals surface area contributed by atoms with E-state index in [1.54, 1.807) is 0 Å². The summed E-state index contributed by atoms with van der Waals surface area (Å²) in [6.45, 7) is 0. The summed E-state index contributed by atoms with van der Waals surface area (Å²) in [5.74, 6) is 0. The van der Waals surface area contributed by atoms with Crippen LogP contribution in [0.1, 0.15) is 0 Å². The van der Waals surface area contributed by atoms with E-state index >= 15 is 0 Å². The molecule has 0 bridgehead atoms. The molecule has 3 nitrogen and oxygen atoms in total. The summed E-state index contributed by atoms with van der Waals surface area (Å²) in [5, 5.41) is 4.55. The fourth-order valence-electron chi connectivity index (χ4n) is 4.04. The Morgan fingerprint density at radius 3 is 2.17 bits per heavy atom. The third-order valence-electron chi connectivity index (χ3n) is 5.59. The van der Waals surface area contributed by atoms with E-state index in [1.165, 1.54) is 16.5 Å². The third-order valence-corrected chi connectivity index (χ3v) is 5.59. The predicted molar refractivity (Wildman–Crippen MR) is 123 cm³/mol. The number of benzene rings is 3. The first-order chi connectivity index (χ1) is 14.8. The van der Waals surface area contributed by atoms with Crippen molar-refractivity contribution in [3.05, 3.63) is 104 Å². The minimum absolute atomic E-state index is 0.940. The molecule has 0 radical (unpaired) electrons. The van der Waals surface area contributed by atoms with Crippen LogP contribution in [0, 0.1) is 0 Å². The minimum Gasteiger partial charge on any atom is -0.264 e. The molecule has 0 aliphatic rings. The van der Waals surface area contributed by atoms with Crippen LogP contribution in [-0.4, -0.2) is 15.0 Å². The molecule has 3 heteroatoms. The van der Waals surface area contributed by atoms with Gasteiger partial charge in [-0.25, -0.2) is 0 Å². The van der Waals surface area contributed by atoms with E-state index in [2.05, 4.69) is 76.7 Å². The fraction of sp³-hybridized carbons (Fsp3) is 0. The SMILES string of the molecule is c1cc(-c2ccc3ccncc3c2)cc(-c2cnc3c(ccc4cccnc43)c2)c1. The average Bonchev–Trinajstić information content (AvgIpc) is 2.83. The lowest BCUT2D eigenvalue weighted by atomic mass is 9.97. The molecule has 6 rings (SSSR count). The van der Waals surface area contributed by atoms with Gasteiger partial charge >= 0.3 is 0 Å². The number of aromatic nitrogens is 3. The second-order valence-corrected chi connectivity index (χ2v) is 7.45. The Morgan fingerprint density at radius 1 is 0.433 bits per heavy atom. The molecule has 0 saturated carbocycles. The first-order valence-electron chi connectivity index (χ1n) is 9.93. The van der Waals surface area contributed by atoms with Gasteiger partial charge < -0.3 is 0 Å². The normalized spacial score (nSPS) is 11.3. The molecule has 3 aromatic heterocycles. The molecule has 3 heterocycles. The standard InChI is InChI=1S/C27H17N3/c1-3-20(22-8-6-18-10-12-28-16-24(18)14-22)13-21(4-1)25-15-23-9-7-19-5-2-11-29-26(19)27(23)30-17-25/h1-17H. The predicted octanol–water partition coefficient (Wildman–Crippen LogP) is 6.67. The Labute approximate surface area is 173 Å². The Morgan fingerprint density at radius 2 is 1.20 bits per heavy atom. The van der Waals surface area contributed by atoms with Gasteiger partial charge in [-0.1, -0.05) is 48.5 Å². The molecule has 0 aliphatic heterocycles. The number of nitrogens with zero attached hydrogens (tertiary/aromatic N) is 3. The average molecular weight is 383 g/mol. The molecule has 140 valence electrons. The quantitative estimate of drug-likeness (QED) is 0.314. The zero-order chi connectivity index (χ0) is 19.9. The smallest absolute Gasteiger partial charge is 0.0964 e. The van der Waals surface area contributed by atoms with Gasteiger partial charge in [-0.05, 0) is 52.4 Å². The molecule has 0 unspecified atom stereocenters. The monoisotopic (exact) mass is 383 g/mol. The molecule has 0 fully saturated rings. The first kappa shape index (κ1) is 16.8. The summed E-state index contributed by atoms with van der Waals surface area (Å²) < 4.78 is 0. The highest BCUT2D eigenvalue weighted by molar-refractivity contribution is 6.03. The van der Waals surface area contributed by atoms with Gasteiger partial charge in [-0.3, -0.25) is 15.0 Å². The van der Waals surface area contributed by atoms with Crippen molar-refractivity contribution in [2.75, 3.05) is 0 Å². The molecule has 0 aliphatic carbocycles. The molecule has 0 saturated heterocycles. The lowest BCUT2D eigenvalue weighted by Gasteiger charge is -2.09. The topological polar surface area (TPSA) is 38.7 Å². The maximum absolute atomic E-state index is 4.76. The number of pyridine rings is 3. The second kappa shape index (κ2) is 6.75. The summed E-state index contributed by atoms with van der Waals surface area (Å²) in [5.41, 5.74) is 6.49. The highest BCUT2D eigenvalue weighted by Crippen LogP contribution is 2.30. The lowest BCUT2D eigenvalue weighted by molar-refractivity contribution is 1.36. The van der Waals surface area contributed by atoms with Crippen molar-refractivity contribution in [2.24, 2.45) is 0 Å². The Balaban J connectivity index is 1.46. The highest BCUT2D eigenvalue weighted by atomic mass is 14.7. The molecule has 30 heavy (non-hydrogen) atoms. The summed E-state index contributed by atoms with van der Waals surface area (Å²) in [7, 11) is 0. The maximum Gasteiger partial charge on any atom is 0.0964 e. The van der Waals surface area contributed by atoms with Gasteiger partial charge in [0.2, 0.25) is 0 Å². The van der Waals surface area contributed by atoms with Gasteiger partial charge in [0, 0.05) is 46.5 Å². The highest BCUT2D eigenvalue weighted by Gasteiger charge is 2.07. The van der Waals surface area contributed by atoms with E-state index in [1.807, 2.05) is 36.9 Å². The number of fused-ring (bicyclic) bond motifs is 4. The van der Waals surface area contributed by atoms with E-state index in [0.29, 0.717) is 0 Å². The van der Waals surface area contributed by atoms with Crippen LogP contribution in [0.2, 0.25) is 0 Å². The molecule has 0 amide bonds. The van der Waals surface area contributed by atoms with Crippen LogP contribution in [0.4, 0.5) is 0 Å². The van der Waals surface area contributed by atoms with Crippen molar-refractivity contribution in [2.45, 2.75) is 0 Å². The molecule has 0 atom stereocenters. The molecule has 0 N–H and O–H groups in total. The zero-order valence-corrected chi connectivity index (χ0v) is 16.2. The van der Waals surface area contributed by atoms with E-state index in [9.17, 15) is 0 Å². The molecule has 3 aromatic carbocycles. The van der Waals surface area contributed by atoms with Gasteiger partial charge in [-0.15, -0.1) is 0 Å². The van der Waals surface area contributed by atoms with Crippen LogP contribution in [0.3, 0.4) is 0 Å². The van der Waals surface area contributed by atoms with Gasteiger partial charge in [0.05, 0.1) is 11.0 Å². The Hall–Kier alpha value is -4.11. The van der Waals surface area contributed by atoms with Crippen molar-refractivity contribution in [1.82, 2.24) is 15.0 Å². The Kier molecular flexibility index (Phi) is 3.78. The van der Waals surface area contributed by atoms with Gasteiger partial charge in [0.25, 0.3) is 0 Å². The molecule has 0 spiro atoms. The zero-order valence-electron chi connectivity index (χ0n) is 16.2. The van der Waals surface area contributed by atoms with E-state index < -0.39 is 0 Å². The van der Waals surface area contributed by atoms with Gasteiger partial charge in [0.15, 0.2) is 0 Å². The summed E-state index contributed by atoms with van der Waals surface area (Å²) >= 11 is 0. The summed E-state index contributed by atoms with van der Waals surface area (Å²) in [4.78, 5) is 13.5. The third kappa shape index (κ3) is 2.80. The number of hydrogen-bond acceptors (Lipinski definition) is 3. The summed E-state index contributed by atoms with van der Waals surface area (Å²) in [6.07, 6.45) is 7.50. The van der Waals surface area contributed by atoms with Crippen LogP contribution < -0.4 is 0 Å². The van der Waals surface area contributed by atoms with Crippen LogP contribution in [-0.2, 0) is 0 Å². The summed E-state index contributed by atoms with van der Waals surface area (Å²) in [6, 6.07) is 27.6. The molecular formula is C27H17N3. The van der Waals surface area contributed by atoms with Crippen molar-refractivity contribution in [3.8, 4) is 22.3 Å². The van der Waals surface area contributed by atoms with Crippen molar-refractivity contribution < 1.29 is 0 Å². The number of hydrogen-bond donors (Lipinski definition) is 0. The van der Waals surface area contributed by atoms with Crippen molar-refractivity contribution >= 4 is 32.6 Å². The van der Waals surface area contributed by atoms with Crippen LogP contribution in [0.15, 0.2) is 104 Å². The molecular weight excluding hydrogens is 366 g/mol. The van der Waals surface area contributed by atoms with Gasteiger partial charge in [-0.2, -0.15) is 0 Å².